The van der Waals surface area contributed by atoms with E-state index >= 15 is 0 Å². The molecule has 0 atom stereocenters. The van der Waals surface area contributed by atoms with E-state index in [1.807, 2.05) is 48.5 Å². The largest absolute Gasteiger partial charge is 0.497 e. The molecule has 0 radical (unpaired) electrons. The first-order valence-electron chi connectivity index (χ1n) is 11.7. The Hall–Kier alpha value is -3.81. The minimum atomic E-state index is -0.0656. The molecule has 1 fully saturated rings. The molecule has 1 amide bonds. The zero-order valence-corrected chi connectivity index (χ0v) is 21.1. The van der Waals surface area contributed by atoms with Gasteiger partial charge in [0.25, 0.3) is 5.91 Å². The second-order valence-corrected chi connectivity index (χ2v) is 9.38. The van der Waals surface area contributed by atoms with Crippen LogP contribution >= 0.6 is 11.8 Å². The van der Waals surface area contributed by atoms with Crippen LogP contribution in [0.3, 0.4) is 0 Å². The van der Waals surface area contributed by atoms with Crippen molar-refractivity contribution in [2.75, 3.05) is 27.4 Å². The normalized spacial score (nSPS) is 15.9. The molecule has 4 aromatic rings. The third-order valence-electron chi connectivity index (χ3n) is 6.01. The first kappa shape index (κ1) is 23.9. The number of thioether (sulfide) groups is 1. The Morgan fingerprint density at radius 1 is 0.944 bits per heavy atom. The number of ether oxygens (including phenoxy) is 2. The summed E-state index contributed by atoms with van der Waals surface area (Å²) in [5.74, 6) is 0.696. The molecular formula is C29H27N3O3S. The predicted molar refractivity (Wildman–Crippen MR) is 147 cm³/mol. The molecule has 0 spiro atoms. The summed E-state index contributed by atoms with van der Waals surface area (Å²) in [6, 6.07) is 26.1. The molecule has 0 unspecified atom stereocenters. The molecule has 1 saturated heterocycles. The molecule has 182 valence electrons. The summed E-state index contributed by atoms with van der Waals surface area (Å²) in [6.45, 7) is 1.62. The number of benzene rings is 3. The number of aromatic nitrogens is 1. The van der Waals surface area contributed by atoms with E-state index in [0.717, 1.165) is 34.4 Å². The maximum Gasteiger partial charge on any atom is 0.266 e. The van der Waals surface area contributed by atoms with Crippen molar-refractivity contribution in [1.29, 1.82) is 0 Å². The molecule has 36 heavy (non-hydrogen) atoms. The number of fused-ring (bicyclic) bond motifs is 1. The topological polar surface area (TPSA) is 56.1 Å². The molecule has 7 heteroatoms. The van der Waals surface area contributed by atoms with Crippen LogP contribution < -0.4 is 4.74 Å². The molecule has 2 heterocycles. The van der Waals surface area contributed by atoms with Gasteiger partial charge in [0.15, 0.2) is 5.17 Å². The number of hydrogen-bond acceptors (Lipinski definition) is 5. The number of carbonyl (C=O) groups is 1. The Balaban J connectivity index is 1.50. The van der Waals surface area contributed by atoms with Crippen LogP contribution in [-0.4, -0.2) is 47.9 Å². The SMILES string of the molecule is COCCN1C(=O)/C(=C/c2cn(Cc3ccccc3)c3ccccc23)SC1=Nc1ccc(OC)cc1. The molecule has 0 bridgehead atoms. The number of methoxy groups -OCH3 is 2. The van der Waals surface area contributed by atoms with Crippen molar-refractivity contribution in [1.82, 2.24) is 9.47 Å². The summed E-state index contributed by atoms with van der Waals surface area (Å²) in [5, 5.41) is 1.75. The zero-order chi connectivity index (χ0) is 24.9. The molecule has 1 aromatic heterocycles. The first-order valence-corrected chi connectivity index (χ1v) is 12.5. The van der Waals surface area contributed by atoms with Crippen molar-refractivity contribution in [2.24, 2.45) is 4.99 Å². The Morgan fingerprint density at radius 3 is 2.44 bits per heavy atom. The van der Waals surface area contributed by atoms with Gasteiger partial charge in [-0.1, -0.05) is 48.5 Å². The van der Waals surface area contributed by atoms with Crippen LogP contribution in [0.1, 0.15) is 11.1 Å². The summed E-state index contributed by atoms with van der Waals surface area (Å²) in [7, 11) is 3.26. The highest BCUT2D eigenvalue weighted by Gasteiger charge is 2.33. The van der Waals surface area contributed by atoms with Crippen LogP contribution in [0.4, 0.5) is 5.69 Å². The molecular weight excluding hydrogens is 470 g/mol. The van der Waals surface area contributed by atoms with Crippen LogP contribution in [0.25, 0.3) is 17.0 Å². The van der Waals surface area contributed by atoms with E-state index in [2.05, 4.69) is 47.2 Å². The van der Waals surface area contributed by atoms with Gasteiger partial charge in [0.2, 0.25) is 0 Å². The van der Waals surface area contributed by atoms with Crippen molar-refractivity contribution in [2.45, 2.75) is 6.54 Å². The number of hydrogen-bond donors (Lipinski definition) is 0. The molecule has 3 aromatic carbocycles. The second-order valence-electron chi connectivity index (χ2n) is 8.37. The highest BCUT2D eigenvalue weighted by Crippen LogP contribution is 2.36. The van der Waals surface area contributed by atoms with E-state index in [1.54, 1.807) is 19.1 Å². The lowest BCUT2D eigenvalue weighted by molar-refractivity contribution is -0.122. The van der Waals surface area contributed by atoms with Crippen molar-refractivity contribution in [3.63, 3.8) is 0 Å². The zero-order valence-electron chi connectivity index (χ0n) is 20.3. The number of rotatable bonds is 8. The highest BCUT2D eigenvalue weighted by atomic mass is 32.2. The lowest BCUT2D eigenvalue weighted by atomic mass is 10.1. The number of para-hydroxylation sites is 1. The van der Waals surface area contributed by atoms with Crippen molar-refractivity contribution in [3.05, 3.63) is 101 Å². The average Bonchev–Trinajstić information content (AvgIpc) is 3.40. The minimum Gasteiger partial charge on any atom is -0.497 e. The number of carbonyl (C=O) groups excluding carboxylic acids is 1. The quantitative estimate of drug-likeness (QED) is 0.282. The van der Waals surface area contributed by atoms with Crippen LogP contribution in [-0.2, 0) is 16.1 Å². The van der Waals surface area contributed by atoms with Gasteiger partial charge in [-0.2, -0.15) is 0 Å². The first-order chi connectivity index (χ1) is 17.7. The van der Waals surface area contributed by atoms with E-state index in [9.17, 15) is 4.79 Å². The third-order valence-corrected chi connectivity index (χ3v) is 7.01. The van der Waals surface area contributed by atoms with E-state index in [1.165, 1.54) is 17.3 Å². The highest BCUT2D eigenvalue weighted by molar-refractivity contribution is 8.18. The Morgan fingerprint density at radius 2 is 1.69 bits per heavy atom. The molecule has 1 aliphatic heterocycles. The smallest absolute Gasteiger partial charge is 0.266 e. The summed E-state index contributed by atoms with van der Waals surface area (Å²) < 4.78 is 12.7. The van der Waals surface area contributed by atoms with E-state index < -0.39 is 0 Å². The molecule has 5 rings (SSSR count). The molecule has 0 aliphatic carbocycles. The van der Waals surface area contributed by atoms with Gasteiger partial charge in [0.1, 0.15) is 5.75 Å². The van der Waals surface area contributed by atoms with Gasteiger partial charge in [0.05, 0.1) is 30.9 Å². The van der Waals surface area contributed by atoms with Gasteiger partial charge in [-0.15, -0.1) is 0 Å². The molecule has 1 aliphatic rings. The van der Waals surface area contributed by atoms with Gasteiger partial charge >= 0.3 is 0 Å². The van der Waals surface area contributed by atoms with Crippen molar-refractivity contribution in [3.8, 4) is 5.75 Å². The second kappa shape index (κ2) is 10.8. The summed E-state index contributed by atoms with van der Waals surface area (Å²) >= 11 is 1.39. The Bertz CT molecular complexity index is 1430. The summed E-state index contributed by atoms with van der Waals surface area (Å²) in [5.41, 5.74) is 4.12. The average molecular weight is 498 g/mol. The van der Waals surface area contributed by atoms with E-state index in [4.69, 9.17) is 14.5 Å². The fraction of sp³-hybridized carbons (Fsp3) is 0.172. The number of aliphatic imine (C=N–C) groups is 1. The van der Waals surface area contributed by atoms with Crippen molar-refractivity contribution < 1.29 is 14.3 Å². The van der Waals surface area contributed by atoms with Crippen molar-refractivity contribution >= 4 is 45.5 Å². The van der Waals surface area contributed by atoms with Gasteiger partial charge in [-0.25, -0.2) is 4.99 Å². The minimum absolute atomic E-state index is 0.0656. The maximum absolute atomic E-state index is 13.4. The number of amidine groups is 1. The van der Waals surface area contributed by atoms with Crippen LogP contribution in [0.2, 0.25) is 0 Å². The Labute approximate surface area is 214 Å². The summed E-state index contributed by atoms with van der Waals surface area (Å²) in [4.78, 5) is 20.5. The molecule has 0 saturated carbocycles. The van der Waals surface area contributed by atoms with Crippen LogP contribution in [0, 0.1) is 0 Å². The predicted octanol–water partition coefficient (Wildman–Crippen LogP) is 5.95. The Kier molecular flexibility index (Phi) is 7.21. The number of nitrogens with zero attached hydrogens (tertiary/aromatic N) is 3. The fourth-order valence-corrected chi connectivity index (χ4v) is 5.20. The maximum atomic E-state index is 13.4. The van der Waals surface area contributed by atoms with Crippen LogP contribution in [0.15, 0.2) is 95.0 Å². The lowest BCUT2D eigenvalue weighted by Crippen LogP contribution is -2.32. The molecule has 0 N–H and O–H groups in total. The monoisotopic (exact) mass is 497 g/mol. The molecule has 6 nitrogen and oxygen atoms in total. The summed E-state index contributed by atoms with van der Waals surface area (Å²) in [6.07, 6.45) is 4.10. The van der Waals surface area contributed by atoms with Crippen LogP contribution in [0.5, 0.6) is 5.75 Å². The van der Waals surface area contributed by atoms with Gasteiger partial charge < -0.3 is 14.0 Å². The van der Waals surface area contributed by atoms with E-state index in [0.29, 0.717) is 23.2 Å². The van der Waals surface area contributed by atoms with Gasteiger partial charge in [-0.05, 0) is 53.7 Å². The lowest BCUT2D eigenvalue weighted by Gasteiger charge is -2.14. The van der Waals surface area contributed by atoms with E-state index in [-0.39, 0.29) is 5.91 Å². The fourth-order valence-electron chi connectivity index (χ4n) is 4.18. The van der Waals surface area contributed by atoms with Gasteiger partial charge in [0, 0.05) is 36.3 Å². The third kappa shape index (κ3) is 5.08. The number of amides is 1. The standard InChI is InChI=1S/C29H27N3O3S/c1-34-17-16-32-28(33)27(36-29(32)30-23-12-14-24(35-2)15-13-23)18-22-20-31(19-21-8-4-3-5-9-21)26-11-7-6-10-25(22)26/h3-15,18,20H,16-17,19H2,1-2H3/b27-18-,30-29?. The van der Waals surface area contributed by atoms with Gasteiger partial charge in [-0.3, -0.25) is 9.69 Å².